The molecule has 3 amide bonds. The minimum atomic E-state index is -0.493. The van der Waals surface area contributed by atoms with E-state index in [1.54, 1.807) is 49.4 Å². The number of anilines is 2. The van der Waals surface area contributed by atoms with Gasteiger partial charge in [-0.3, -0.25) is 14.4 Å². The molecule has 0 radical (unpaired) electrons. The Morgan fingerprint density at radius 1 is 0.863 bits per heavy atom. The number of aryl methyl sites for hydroxylation is 1. The summed E-state index contributed by atoms with van der Waals surface area (Å²) in [5.74, 6) is -1.50. The van der Waals surface area contributed by atoms with Gasteiger partial charge in [0.2, 0.25) is 5.91 Å². The van der Waals surface area contributed by atoms with E-state index in [0.29, 0.717) is 28.2 Å². The van der Waals surface area contributed by atoms with Crippen molar-refractivity contribution in [2.45, 2.75) is 56.1 Å². The third kappa shape index (κ3) is 8.58. The van der Waals surface area contributed by atoms with Crippen molar-refractivity contribution in [1.29, 1.82) is 0 Å². The quantitative estimate of drug-likeness (QED) is 0.0675. The molecule has 3 N–H and O–H groups in total. The number of esters is 1. The number of hydrogen-bond donors (Lipinski definition) is 3. The fourth-order valence-corrected chi connectivity index (χ4v) is 8.37. The van der Waals surface area contributed by atoms with E-state index in [2.05, 4.69) is 16.0 Å². The first-order valence-corrected chi connectivity index (χ1v) is 18.8. The van der Waals surface area contributed by atoms with Crippen LogP contribution >= 0.6 is 23.1 Å². The van der Waals surface area contributed by atoms with E-state index in [9.17, 15) is 19.2 Å². The van der Waals surface area contributed by atoms with Crippen LogP contribution in [0.3, 0.4) is 0 Å². The molecule has 0 saturated carbocycles. The Hall–Kier alpha value is -5.19. The molecule has 1 heterocycles. The van der Waals surface area contributed by atoms with Crippen LogP contribution in [-0.2, 0) is 27.2 Å². The first kappa shape index (κ1) is 35.6. The summed E-state index contributed by atoms with van der Waals surface area (Å²) in [6.45, 7) is 3.98. The standard InChI is InChI=1S/C41H39N3O5S2/c1-3-34(39(47)44-40-36(41(48)49-4-2)32-22-10-11-23-35(32)51-40)50-30-20-13-19-29(25-30)42-38(46)33(43-37(45)27-15-6-5-7-16-27)24-28-18-12-17-26-14-8-9-21-31(26)28/h5-9,12-21,24-25,34H,3-4,10-11,22-23H2,1-2H3,(H,42,46)(H,43,45)(H,44,47)/b33-24+. The molecule has 260 valence electrons. The smallest absolute Gasteiger partial charge is 0.341 e. The van der Waals surface area contributed by atoms with E-state index in [0.717, 1.165) is 57.4 Å². The number of thiophene rings is 1. The van der Waals surface area contributed by atoms with Crippen LogP contribution in [0.5, 0.6) is 0 Å². The van der Waals surface area contributed by atoms with Gasteiger partial charge >= 0.3 is 5.97 Å². The first-order valence-electron chi connectivity index (χ1n) is 17.1. The van der Waals surface area contributed by atoms with Gasteiger partial charge in [0, 0.05) is 21.0 Å². The molecule has 6 rings (SSSR count). The van der Waals surface area contributed by atoms with Crippen molar-refractivity contribution in [3.63, 3.8) is 0 Å². The first-order chi connectivity index (χ1) is 24.8. The molecule has 0 aliphatic heterocycles. The number of rotatable bonds is 12. The molecule has 5 aromatic rings. The number of carbonyl (C=O) groups is 4. The summed E-state index contributed by atoms with van der Waals surface area (Å²) in [7, 11) is 0. The van der Waals surface area contributed by atoms with Crippen molar-refractivity contribution in [2.24, 2.45) is 0 Å². The molecule has 1 aliphatic carbocycles. The highest BCUT2D eigenvalue weighted by Crippen LogP contribution is 2.39. The molecule has 8 nitrogen and oxygen atoms in total. The highest BCUT2D eigenvalue weighted by atomic mass is 32.2. The molecule has 0 spiro atoms. The molecule has 0 bridgehead atoms. The van der Waals surface area contributed by atoms with Crippen molar-refractivity contribution in [3.05, 3.63) is 130 Å². The average molecular weight is 718 g/mol. The van der Waals surface area contributed by atoms with Crippen LogP contribution in [0.1, 0.15) is 69.8 Å². The Kier molecular flexibility index (Phi) is 11.7. The molecule has 1 unspecified atom stereocenters. The number of carbonyl (C=O) groups excluding carboxylic acids is 4. The van der Waals surface area contributed by atoms with Crippen LogP contribution in [0.25, 0.3) is 16.8 Å². The lowest BCUT2D eigenvalue weighted by Gasteiger charge is -2.16. The Morgan fingerprint density at radius 2 is 1.61 bits per heavy atom. The number of thioether (sulfide) groups is 1. The van der Waals surface area contributed by atoms with Crippen LogP contribution in [0.15, 0.2) is 108 Å². The average Bonchev–Trinajstić information content (AvgIpc) is 3.52. The lowest BCUT2D eigenvalue weighted by Crippen LogP contribution is -2.30. The van der Waals surface area contributed by atoms with Gasteiger partial charge < -0.3 is 20.7 Å². The van der Waals surface area contributed by atoms with Crippen molar-refractivity contribution < 1.29 is 23.9 Å². The maximum absolute atomic E-state index is 13.8. The maximum atomic E-state index is 13.8. The Morgan fingerprint density at radius 3 is 2.41 bits per heavy atom. The largest absolute Gasteiger partial charge is 0.462 e. The van der Waals surface area contributed by atoms with E-state index in [-0.39, 0.29) is 18.2 Å². The molecule has 0 fully saturated rings. The Bertz CT molecular complexity index is 2100. The molecule has 1 atom stereocenters. The third-order valence-corrected chi connectivity index (χ3v) is 11.1. The summed E-state index contributed by atoms with van der Waals surface area (Å²) >= 11 is 2.85. The maximum Gasteiger partial charge on any atom is 0.341 e. The second-order valence-electron chi connectivity index (χ2n) is 12.1. The molecule has 0 saturated heterocycles. The molecule has 1 aromatic heterocycles. The van der Waals surface area contributed by atoms with E-state index >= 15 is 0 Å². The van der Waals surface area contributed by atoms with Crippen LogP contribution in [0.4, 0.5) is 10.7 Å². The zero-order valence-electron chi connectivity index (χ0n) is 28.5. The molecular formula is C41H39N3O5S2. The predicted octanol–water partition coefficient (Wildman–Crippen LogP) is 8.88. The van der Waals surface area contributed by atoms with E-state index in [1.807, 2.05) is 67.6 Å². The Balaban J connectivity index is 1.21. The molecule has 10 heteroatoms. The lowest BCUT2D eigenvalue weighted by atomic mass is 9.95. The van der Waals surface area contributed by atoms with Crippen LogP contribution < -0.4 is 16.0 Å². The molecule has 51 heavy (non-hydrogen) atoms. The van der Waals surface area contributed by atoms with Gasteiger partial charge in [-0.2, -0.15) is 0 Å². The Labute approximate surface area is 305 Å². The van der Waals surface area contributed by atoms with Gasteiger partial charge in [-0.25, -0.2) is 4.79 Å². The molecule has 4 aromatic carbocycles. The van der Waals surface area contributed by atoms with Crippen molar-refractivity contribution in [2.75, 3.05) is 17.2 Å². The third-order valence-electron chi connectivity index (χ3n) is 8.57. The summed E-state index contributed by atoms with van der Waals surface area (Å²) in [4.78, 5) is 55.5. The van der Waals surface area contributed by atoms with Gasteiger partial charge in [0.1, 0.15) is 10.7 Å². The summed E-state index contributed by atoms with van der Waals surface area (Å²) in [6.07, 6.45) is 5.97. The zero-order chi connectivity index (χ0) is 35.7. The minimum Gasteiger partial charge on any atom is -0.462 e. The van der Waals surface area contributed by atoms with Crippen LogP contribution in [0.2, 0.25) is 0 Å². The van der Waals surface area contributed by atoms with E-state index in [4.69, 9.17) is 4.74 Å². The fourth-order valence-electron chi connectivity index (χ4n) is 6.07. The van der Waals surface area contributed by atoms with Crippen LogP contribution in [0, 0.1) is 0 Å². The monoisotopic (exact) mass is 717 g/mol. The van der Waals surface area contributed by atoms with E-state index < -0.39 is 23.0 Å². The number of benzene rings is 4. The lowest BCUT2D eigenvalue weighted by molar-refractivity contribution is -0.116. The summed E-state index contributed by atoms with van der Waals surface area (Å²) in [5, 5.41) is 10.9. The summed E-state index contributed by atoms with van der Waals surface area (Å²) < 4.78 is 5.36. The highest BCUT2D eigenvalue weighted by molar-refractivity contribution is 8.00. The highest BCUT2D eigenvalue weighted by Gasteiger charge is 2.29. The topological polar surface area (TPSA) is 114 Å². The number of amides is 3. The van der Waals surface area contributed by atoms with Crippen molar-refractivity contribution >= 4 is 74.3 Å². The van der Waals surface area contributed by atoms with Gasteiger partial charge in [0.05, 0.1) is 17.4 Å². The van der Waals surface area contributed by atoms with E-state index in [1.165, 1.54) is 23.1 Å². The van der Waals surface area contributed by atoms with Crippen molar-refractivity contribution in [3.8, 4) is 0 Å². The second kappa shape index (κ2) is 16.7. The summed E-state index contributed by atoms with van der Waals surface area (Å²) in [6, 6.07) is 29.7. The van der Waals surface area contributed by atoms with Crippen molar-refractivity contribution in [1.82, 2.24) is 5.32 Å². The normalized spacial score (nSPS) is 13.2. The van der Waals surface area contributed by atoms with Gasteiger partial charge in [-0.15, -0.1) is 23.1 Å². The molecular weight excluding hydrogens is 679 g/mol. The van der Waals surface area contributed by atoms with Gasteiger partial charge in [-0.05, 0) is 97.3 Å². The number of nitrogens with one attached hydrogen (secondary N) is 3. The van der Waals surface area contributed by atoms with Gasteiger partial charge in [0.15, 0.2) is 0 Å². The van der Waals surface area contributed by atoms with Gasteiger partial charge in [0.25, 0.3) is 11.8 Å². The predicted molar refractivity (Wildman–Crippen MR) is 206 cm³/mol. The summed E-state index contributed by atoms with van der Waals surface area (Å²) in [5.41, 5.74) is 3.28. The zero-order valence-corrected chi connectivity index (χ0v) is 30.1. The minimum absolute atomic E-state index is 0.0834. The second-order valence-corrected chi connectivity index (χ2v) is 14.4. The van der Waals surface area contributed by atoms with Crippen LogP contribution in [-0.4, -0.2) is 35.5 Å². The number of hydrogen-bond acceptors (Lipinski definition) is 7. The fraction of sp³-hybridized carbons (Fsp3) is 0.220. The number of ether oxygens (including phenoxy) is 1. The van der Waals surface area contributed by atoms with Gasteiger partial charge in [-0.1, -0.05) is 73.7 Å². The number of fused-ring (bicyclic) bond motifs is 2. The molecule has 1 aliphatic rings. The SMILES string of the molecule is CCOC(=O)c1c(NC(=O)C(CC)Sc2cccc(NC(=O)/C(=C\c3cccc4ccccc34)NC(=O)c3ccccc3)c2)sc2c1CCCC2.